The van der Waals surface area contributed by atoms with Crippen LogP contribution in [0.25, 0.3) is 0 Å². The number of hydrogen-bond acceptors (Lipinski definition) is 4. The van der Waals surface area contributed by atoms with Crippen LogP contribution in [-0.2, 0) is 4.79 Å². The minimum atomic E-state index is -0.0916. The van der Waals surface area contributed by atoms with Crippen LogP contribution in [0.5, 0.6) is 0 Å². The molecule has 0 aliphatic carbocycles. The van der Waals surface area contributed by atoms with Crippen molar-refractivity contribution in [2.24, 2.45) is 0 Å². The third-order valence-corrected chi connectivity index (χ3v) is 4.33. The Hall–Kier alpha value is -2.47. The summed E-state index contributed by atoms with van der Waals surface area (Å²) >= 11 is 1.15. The molecule has 0 unspecified atom stereocenters. The van der Waals surface area contributed by atoms with Gasteiger partial charge in [0.25, 0.3) is 5.24 Å². The van der Waals surface area contributed by atoms with Crippen molar-refractivity contribution in [2.45, 2.75) is 4.90 Å². The van der Waals surface area contributed by atoms with Crippen molar-refractivity contribution < 1.29 is 9.59 Å². The van der Waals surface area contributed by atoms with Gasteiger partial charge in [-0.05, 0) is 48.2 Å². The minimum absolute atomic E-state index is 0.0312. The number of nitrogens with one attached hydrogen (secondary N) is 1. The quantitative estimate of drug-likeness (QED) is 0.844. The summed E-state index contributed by atoms with van der Waals surface area (Å²) in [5.74, 6) is -0.0916. The molecule has 0 aliphatic rings. The van der Waals surface area contributed by atoms with Gasteiger partial charge < -0.3 is 15.1 Å². The molecule has 2 rings (SSSR count). The molecule has 2 aromatic rings. The van der Waals surface area contributed by atoms with Crippen molar-refractivity contribution >= 4 is 34.3 Å². The summed E-state index contributed by atoms with van der Waals surface area (Å²) in [6, 6.07) is 17.0. The molecule has 0 saturated carbocycles. The van der Waals surface area contributed by atoms with E-state index in [1.165, 1.54) is 4.90 Å². The molecule has 0 heterocycles. The van der Waals surface area contributed by atoms with Crippen LogP contribution in [0.3, 0.4) is 0 Å². The van der Waals surface area contributed by atoms with E-state index in [0.29, 0.717) is 5.69 Å². The lowest BCUT2D eigenvalue weighted by atomic mass is 10.3. The zero-order chi connectivity index (χ0) is 17.5. The van der Waals surface area contributed by atoms with E-state index in [2.05, 4.69) is 5.32 Å². The van der Waals surface area contributed by atoms with E-state index in [-0.39, 0.29) is 17.7 Å². The summed E-state index contributed by atoms with van der Waals surface area (Å²) in [6.07, 6.45) is 0. The lowest BCUT2D eigenvalue weighted by Gasteiger charge is -2.18. The minimum Gasteiger partial charge on any atom is -0.365 e. The smallest absolute Gasteiger partial charge is 0.285 e. The van der Waals surface area contributed by atoms with Crippen LogP contribution in [0, 0.1) is 0 Å². The number of amides is 2. The van der Waals surface area contributed by atoms with Gasteiger partial charge in [-0.15, -0.1) is 0 Å². The van der Waals surface area contributed by atoms with E-state index < -0.39 is 0 Å². The Bertz CT molecular complexity index is 687. The number of para-hydroxylation sites is 1. The Morgan fingerprint density at radius 3 is 2.17 bits per heavy atom. The Balaban J connectivity index is 1.89. The number of carbonyl (C=O) groups is 2. The molecule has 2 aromatic carbocycles. The molecule has 6 heteroatoms. The molecule has 0 saturated heterocycles. The fourth-order valence-corrected chi connectivity index (χ4v) is 2.64. The number of likely N-dealkylation sites (N-methyl/N-ethyl adjacent to an activating group) is 1. The molecule has 0 aromatic heterocycles. The fourth-order valence-electron chi connectivity index (χ4n) is 1.99. The van der Waals surface area contributed by atoms with Gasteiger partial charge in [0.2, 0.25) is 5.91 Å². The molecular weight excluding hydrogens is 322 g/mol. The lowest BCUT2D eigenvalue weighted by molar-refractivity contribution is -0.114. The highest BCUT2D eigenvalue weighted by Gasteiger charge is 2.09. The Morgan fingerprint density at radius 2 is 1.58 bits per heavy atom. The van der Waals surface area contributed by atoms with Crippen LogP contribution in [0.1, 0.15) is 0 Å². The Kier molecular flexibility index (Phi) is 6.26. The van der Waals surface area contributed by atoms with Gasteiger partial charge in [0, 0.05) is 37.4 Å². The van der Waals surface area contributed by atoms with E-state index in [1.54, 1.807) is 26.2 Å². The second kappa shape index (κ2) is 8.40. The molecule has 0 fully saturated rings. The first-order valence-corrected chi connectivity index (χ1v) is 8.32. The summed E-state index contributed by atoms with van der Waals surface area (Å²) in [5.41, 5.74) is 1.70. The number of thioether (sulfide) groups is 1. The van der Waals surface area contributed by atoms with Gasteiger partial charge in [0.15, 0.2) is 0 Å². The highest BCUT2D eigenvalue weighted by molar-refractivity contribution is 8.13. The molecule has 0 bridgehead atoms. The number of hydrogen-bond donors (Lipinski definition) is 1. The maximum Gasteiger partial charge on any atom is 0.285 e. The summed E-state index contributed by atoms with van der Waals surface area (Å²) < 4.78 is 0. The molecule has 126 valence electrons. The predicted octanol–water partition coefficient (Wildman–Crippen LogP) is 3.54. The Morgan fingerprint density at radius 1 is 0.958 bits per heavy atom. The molecule has 5 nitrogen and oxygen atoms in total. The topological polar surface area (TPSA) is 52.7 Å². The van der Waals surface area contributed by atoms with E-state index in [1.807, 2.05) is 54.4 Å². The molecule has 0 aliphatic heterocycles. The number of carbonyl (C=O) groups excluding carboxylic acids is 2. The second-order valence-electron chi connectivity index (χ2n) is 5.53. The molecule has 0 spiro atoms. The van der Waals surface area contributed by atoms with Gasteiger partial charge in [0.1, 0.15) is 0 Å². The van der Waals surface area contributed by atoms with Gasteiger partial charge in [-0.3, -0.25) is 9.59 Å². The van der Waals surface area contributed by atoms with Crippen molar-refractivity contribution in [3.63, 3.8) is 0 Å². The monoisotopic (exact) mass is 343 g/mol. The summed E-state index contributed by atoms with van der Waals surface area (Å²) in [6.45, 7) is 0.264. The average Bonchev–Trinajstić information content (AvgIpc) is 2.57. The zero-order valence-electron chi connectivity index (χ0n) is 14.0. The normalized spacial score (nSPS) is 10.1. The van der Waals surface area contributed by atoms with Crippen LogP contribution < -0.4 is 10.2 Å². The van der Waals surface area contributed by atoms with Crippen molar-refractivity contribution in [1.82, 2.24) is 4.90 Å². The number of benzene rings is 2. The van der Waals surface area contributed by atoms with E-state index in [0.717, 1.165) is 22.3 Å². The molecular formula is C18H21N3O2S. The van der Waals surface area contributed by atoms with Crippen LogP contribution in [0.15, 0.2) is 59.5 Å². The van der Waals surface area contributed by atoms with Crippen molar-refractivity contribution in [2.75, 3.05) is 37.9 Å². The average molecular weight is 343 g/mol. The van der Waals surface area contributed by atoms with Crippen molar-refractivity contribution in [1.29, 1.82) is 0 Å². The van der Waals surface area contributed by atoms with E-state index >= 15 is 0 Å². The van der Waals surface area contributed by atoms with Crippen LogP contribution in [0.4, 0.5) is 16.2 Å². The second-order valence-corrected chi connectivity index (χ2v) is 6.55. The Labute approximate surface area is 146 Å². The number of anilines is 2. The standard InChI is InChI=1S/C18H21N3O2S/c1-20(2)18(23)24-16-11-9-14(10-12-16)19-17(22)13-21(3)15-7-5-4-6-8-15/h4-12H,13H2,1-3H3,(H,19,22). The predicted molar refractivity (Wildman–Crippen MR) is 99.7 cm³/mol. The fraction of sp³-hybridized carbons (Fsp3) is 0.222. The first kappa shape index (κ1) is 17.9. The van der Waals surface area contributed by atoms with Crippen molar-refractivity contribution in [3.05, 3.63) is 54.6 Å². The third kappa shape index (κ3) is 5.31. The van der Waals surface area contributed by atoms with Crippen LogP contribution >= 0.6 is 11.8 Å². The van der Waals surface area contributed by atoms with Gasteiger partial charge in [0.05, 0.1) is 6.54 Å². The highest BCUT2D eigenvalue weighted by atomic mass is 32.2. The van der Waals surface area contributed by atoms with Crippen molar-refractivity contribution in [3.8, 4) is 0 Å². The number of rotatable bonds is 5. The highest BCUT2D eigenvalue weighted by Crippen LogP contribution is 2.22. The molecule has 0 atom stereocenters. The molecule has 2 amide bonds. The molecule has 1 N–H and O–H groups in total. The zero-order valence-corrected chi connectivity index (χ0v) is 14.8. The van der Waals surface area contributed by atoms with E-state index in [9.17, 15) is 9.59 Å². The summed E-state index contributed by atoms with van der Waals surface area (Å²) in [7, 11) is 5.31. The van der Waals surface area contributed by atoms with Gasteiger partial charge in [-0.1, -0.05) is 18.2 Å². The number of nitrogens with zero attached hydrogens (tertiary/aromatic N) is 2. The van der Waals surface area contributed by atoms with Gasteiger partial charge in [-0.2, -0.15) is 0 Å². The SMILES string of the molecule is CN(C)C(=O)Sc1ccc(NC(=O)CN(C)c2ccccc2)cc1. The first-order chi connectivity index (χ1) is 11.5. The van der Waals surface area contributed by atoms with Gasteiger partial charge in [-0.25, -0.2) is 0 Å². The summed E-state index contributed by atoms with van der Waals surface area (Å²) in [5, 5.41) is 2.83. The molecule has 0 radical (unpaired) electrons. The maximum atomic E-state index is 12.1. The molecule has 24 heavy (non-hydrogen) atoms. The first-order valence-electron chi connectivity index (χ1n) is 7.51. The van der Waals surface area contributed by atoms with Gasteiger partial charge >= 0.3 is 0 Å². The maximum absolute atomic E-state index is 12.1. The van der Waals surface area contributed by atoms with E-state index in [4.69, 9.17) is 0 Å². The lowest BCUT2D eigenvalue weighted by Crippen LogP contribution is -2.29. The largest absolute Gasteiger partial charge is 0.365 e. The van der Waals surface area contributed by atoms with Crippen LogP contribution in [0.2, 0.25) is 0 Å². The van der Waals surface area contributed by atoms with Crippen LogP contribution in [-0.4, -0.2) is 43.7 Å². The summed E-state index contributed by atoms with van der Waals surface area (Å²) in [4.78, 5) is 28.0. The third-order valence-electron chi connectivity index (χ3n) is 3.29.